The van der Waals surface area contributed by atoms with E-state index in [1.807, 2.05) is 29.6 Å². The number of benzene rings is 1. The summed E-state index contributed by atoms with van der Waals surface area (Å²) in [6.07, 6.45) is 2.14. The number of aromatic nitrogens is 3. The first-order chi connectivity index (χ1) is 10.2. The van der Waals surface area contributed by atoms with Crippen LogP contribution in [0, 0.1) is 0 Å². The van der Waals surface area contributed by atoms with Crippen LogP contribution in [0.1, 0.15) is 16.3 Å². The zero-order valence-electron chi connectivity index (χ0n) is 10.9. The molecule has 0 unspecified atom stereocenters. The van der Waals surface area contributed by atoms with Crippen molar-refractivity contribution in [2.24, 2.45) is 5.10 Å². The Kier molecular flexibility index (Phi) is 3.98. The average Bonchev–Trinajstić information content (AvgIpc) is 3.10. The van der Waals surface area contributed by atoms with E-state index in [0.29, 0.717) is 17.3 Å². The maximum absolute atomic E-state index is 11.8. The van der Waals surface area contributed by atoms with Crippen molar-refractivity contribution in [1.82, 2.24) is 14.9 Å². The minimum atomic E-state index is -0.355. The number of hydrogen-bond donors (Lipinski definition) is 1. The van der Waals surface area contributed by atoms with Crippen molar-refractivity contribution < 1.29 is 0 Å². The molecular formula is C14H11ClN4OS. The van der Waals surface area contributed by atoms with Gasteiger partial charge in [-0.25, -0.2) is 9.89 Å². The predicted octanol–water partition coefficient (Wildman–Crippen LogP) is 2.76. The summed E-state index contributed by atoms with van der Waals surface area (Å²) in [5.41, 5.74) is 0.651. The molecule has 1 aromatic carbocycles. The number of hydrogen-bond acceptors (Lipinski definition) is 4. The van der Waals surface area contributed by atoms with E-state index in [4.69, 9.17) is 11.6 Å². The van der Waals surface area contributed by atoms with Crippen molar-refractivity contribution in [3.63, 3.8) is 0 Å². The highest BCUT2D eigenvalue weighted by Gasteiger charge is 2.08. The zero-order valence-corrected chi connectivity index (χ0v) is 12.4. The maximum Gasteiger partial charge on any atom is 0.364 e. The number of thiophene rings is 1. The van der Waals surface area contributed by atoms with Crippen LogP contribution in [0.3, 0.4) is 0 Å². The number of halogens is 1. The largest absolute Gasteiger partial charge is 0.364 e. The topological polar surface area (TPSA) is 63.0 Å². The van der Waals surface area contributed by atoms with Crippen molar-refractivity contribution in [3.8, 4) is 0 Å². The summed E-state index contributed by atoms with van der Waals surface area (Å²) in [7, 11) is 0. The molecule has 21 heavy (non-hydrogen) atoms. The summed E-state index contributed by atoms with van der Waals surface area (Å²) in [5.74, 6) is 0.551. The molecule has 0 saturated carbocycles. The van der Waals surface area contributed by atoms with Gasteiger partial charge in [-0.05, 0) is 29.1 Å². The monoisotopic (exact) mass is 318 g/mol. The van der Waals surface area contributed by atoms with Gasteiger partial charge in [-0.1, -0.05) is 29.8 Å². The van der Waals surface area contributed by atoms with E-state index in [0.717, 1.165) is 10.4 Å². The van der Waals surface area contributed by atoms with E-state index >= 15 is 0 Å². The number of nitrogens with one attached hydrogen (secondary N) is 1. The minimum absolute atomic E-state index is 0.355. The van der Waals surface area contributed by atoms with Gasteiger partial charge in [-0.2, -0.15) is 14.9 Å². The standard InChI is InChI=1S/C14H11ClN4OS/c15-11-5-3-10(4-6-11)8-13-17-18-14(20)19(13)16-9-12-2-1-7-21-12/h1-7,9H,8H2,(H,18,20)/b16-9+. The fraction of sp³-hybridized carbons (Fsp3) is 0.0714. The Labute approximate surface area is 129 Å². The van der Waals surface area contributed by atoms with Crippen molar-refractivity contribution in [2.45, 2.75) is 6.42 Å². The van der Waals surface area contributed by atoms with Gasteiger partial charge in [0, 0.05) is 16.3 Å². The second-order valence-electron chi connectivity index (χ2n) is 4.32. The van der Waals surface area contributed by atoms with Crippen molar-refractivity contribution >= 4 is 29.2 Å². The van der Waals surface area contributed by atoms with Crippen LogP contribution >= 0.6 is 22.9 Å². The smallest absolute Gasteiger partial charge is 0.244 e. The van der Waals surface area contributed by atoms with Gasteiger partial charge in [0.2, 0.25) is 0 Å². The van der Waals surface area contributed by atoms with Gasteiger partial charge in [-0.3, -0.25) is 0 Å². The zero-order chi connectivity index (χ0) is 14.7. The van der Waals surface area contributed by atoms with Gasteiger partial charge in [-0.15, -0.1) is 11.3 Å². The summed E-state index contributed by atoms with van der Waals surface area (Å²) in [4.78, 5) is 12.7. The molecule has 5 nitrogen and oxygen atoms in total. The van der Waals surface area contributed by atoms with E-state index in [9.17, 15) is 4.79 Å². The quantitative estimate of drug-likeness (QED) is 0.752. The van der Waals surface area contributed by atoms with E-state index < -0.39 is 0 Å². The Balaban J connectivity index is 1.86. The van der Waals surface area contributed by atoms with E-state index in [1.165, 1.54) is 4.68 Å². The van der Waals surface area contributed by atoms with Crippen LogP contribution in [-0.4, -0.2) is 21.1 Å². The lowest BCUT2D eigenvalue weighted by atomic mass is 10.1. The summed E-state index contributed by atoms with van der Waals surface area (Å²) < 4.78 is 1.27. The molecule has 2 heterocycles. The highest BCUT2D eigenvalue weighted by molar-refractivity contribution is 7.11. The van der Waals surface area contributed by atoms with Crippen molar-refractivity contribution in [2.75, 3.05) is 0 Å². The third-order valence-corrected chi connectivity index (χ3v) is 3.90. The molecule has 0 fully saturated rings. The van der Waals surface area contributed by atoms with E-state index in [1.54, 1.807) is 29.7 Å². The third-order valence-electron chi connectivity index (χ3n) is 2.84. The summed E-state index contributed by atoms with van der Waals surface area (Å²) >= 11 is 7.41. The van der Waals surface area contributed by atoms with Gasteiger partial charge in [0.05, 0.1) is 6.21 Å². The number of nitrogens with zero attached hydrogens (tertiary/aromatic N) is 3. The Morgan fingerprint density at radius 2 is 2.14 bits per heavy atom. The lowest BCUT2D eigenvalue weighted by Gasteiger charge is -2.00. The first kappa shape index (κ1) is 13.8. The highest BCUT2D eigenvalue weighted by atomic mass is 35.5. The molecule has 0 atom stereocenters. The van der Waals surface area contributed by atoms with Crippen LogP contribution in [0.15, 0.2) is 51.7 Å². The molecule has 3 aromatic rings. The fourth-order valence-corrected chi connectivity index (χ4v) is 2.53. The maximum atomic E-state index is 11.8. The SMILES string of the molecule is O=c1[nH]nc(Cc2ccc(Cl)cc2)n1/N=C/c1cccs1. The lowest BCUT2D eigenvalue weighted by Crippen LogP contribution is -2.15. The normalized spacial score (nSPS) is 11.3. The number of rotatable bonds is 4. The molecule has 0 aliphatic rings. The molecule has 0 radical (unpaired) electrons. The average molecular weight is 319 g/mol. The molecule has 3 rings (SSSR count). The lowest BCUT2D eigenvalue weighted by molar-refractivity contribution is 0.776. The number of aromatic amines is 1. The molecule has 0 bridgehead atoms. The molecule has 106 valence electrons. The number of H-pyrrole nitrogens is 1. The Morgan fingerprint density at radius 3 is 2.86 bits per heavy atom. The van der Waals surface area contributed by atoms with Gasteiger partial charge in [0.1, 0.15) is 0 Å². The van der Waals surface area contributed by atoms with Gasteiger partial charge < -0.3 is 0 Å². The van der Waals surface area contributed by atoms with Crippen molar-refractivity contribution in [1.29, 1.82) is 0 Å². The van der Waals surface area contributed by atoms with E-state index in [-0.39, 0.29) is 5.69 Å². The Bertz CT molecular complexity index is 802. The first-order valence-electron chi connectivity index (χ1n) is 6.21. The predicted molar refractivity (Wildman–Crippen MR) is 84.4 cm³/mol. The molecule has 2 aromatic heterocycles. The molecule has 0 spiro atoms. The highest BCUT2D eigenvalue weighted by Crippen LogP contribution is 2.12. The van der Waals surface area contributed by atoms with Crippen LogP contribution in [-0.2, 0) is 6.42 Å². The van der Waals surface area contributed by atoms with Crippen molar-refractivity contribution in [3.05, 3.63) is 73.6 Å². The van der Waals surface area contributed by atoms with Crippen LogP contribution in [0.5, 0.6) is 0 Å². The molecule has 0 aliphatic heterocycles. The molecule has 1 N–H and O–H groups in total. The second-order valence-corrected chi connectivity index (χ2v) is 5.74. The van der Waals surface area contributed by atoms with Gasteiger partial charge >= 0.3 is 5.69 Å². The van der Waals surface area contributed by atoms with Crippen LogP contribution in [0.4, 0.5) is 0 Å². The molecule has 7 heteroatoms. The Morgan fingerprint density at radius 1 is 1.33 bits per heavy atom. The summed E-state index contributed by atoms with van der Waals surface area (Å²) in [5, 5.41) is 13.3. The molecule has 0 amide bonds. The third kappa shape index (κ3) is 3.29. The van der Waals surface area contributed by atoms with Gasteiger partial charge in [0.15, 0.2) is 5.82 Å². The summed E-state index contributed by atoms with van der Waals surface area (Å²) in [6, 6.07) is 11.3. The molecule has 0 aliphatic carbocycles. The Hall–Kier alpha value is -2.18. The summed E-state index contributed by atoms with van der Waals surface area (Å²) in [6.45, 7) is 0. The second kappa shape index (κ2) is 6.07. The van der Waals surface area contributed by atoms with Crippen LogP contribution < -0.4 is 5.69 Å². The molecular weight excluding hydrogens is 308 g/mol. The van der Waals surface area contributed by atoms with E-state index in [2.05, 4.69) is 15.3 Å². The van der Waals surface area contributed by atoms with Gasteiger partial charge in [0.25, 0.3) is 0 Å². The molecule has 0 saturated heterocycles. The first-order valence-corrected chi connectivity index (χ1v) is 7.47. The minimum Gasteiger partial charge on any atom is -0.244 e. The fourth-order valence-electron chi connectivity index (χ4n) is 1.82. The van der Waals surface area contributed by atoms with Crippen LogP contribution in [0.25, 0.3) is 0 Å². The van der Waals surface area contributed by atoms with Crippen LogP contribution in [0.2, 0.25) is 5.02 Å².